The highest BCUT2D eigenvalue weighted by molar-refractivity contribution is 5.90. The monoisotopic (exact) mass is 307 g/mol. The zero-order valence-electron chi connectivity index (χ0n) is 12.8. The molecule has 1 heterocycles. The van der Waals surface area contributed by atoms with Crippen LogP contribution in [-0.4, -0.2) is 22.4 Å². The fourth-order valence-electron chi connectivity index (χ4n) is 2.21. The van der Waals surface area contributed by atoms with E-state index in [9.17, 15) is 4.79 Å². The van der Waals surface area contributed by atoms with Gasteiger partial charge in [0.15, 0.2) is 0 Å². The minimum Gasteiger partial charge on any atom is -0.462 e. The number of rotatable bonds is 5. The Bertz CT molecular complexity index is 797. The summed E-state index contributed by atoms with van der Waals surface area (Å²) in [5.41, 5.74) is 3.16. The molecule has 0 aliphatic heterocycles. The molecule has 1 N–H and O–H groups in total. The van der Waals surface area contributed by atoms with Gasteiger partial charge in [-0.15, -0.1) is 0 Å². The van der Waals surface area contributed by atoms with Gasteiger partial charge in [-0.3, -0.25) is 0 Å². The third-order valence-electron chi connectivity index (χ3n) is 3.27. The third-order valence-corrected chi connectivity index (χ3v) is 3.27. The zero-order chi connectivity index (χ0) is 16.1. The number of hydrogen-bond donors (Lipinski definition) is 1. The first kappa shape index (κ1) is 14.8. The number of ether oxygens (including phenoxy) is 1. The lowest BCUT2D eigenvalue weighted by Gasteiger charge is -2.06. The van der Waals surface area contributed by atoms with Crippen molar-refractivity contribution in [3.63, 3.8) is 0 Å². The maximum atomic E-state index is 11.8. The molecule has 0 bridgehead atoms. The highest BCUT2D eigenvalue weighted by Crippen LogP contribution is 2.19. The highest BCUT2D eigenvalue weighted by Gasteiger charge is 2.07. The van der Waals surface area contributed by atoms with Gasteiger partial charge in [-0.05, 0) is 37.3 Å². The van der Waals surface area contributed by atoms with Crippen LogP contribution in [0.1, 0.15) is 17.3 Å². The van der Waals surface area contributed by atoms with Crippen molar-refractivity contribution < 1.29 is 9.53 Å². The van der Waals surface area contributed by atoms with E-state index in [1.165, 1.54) is 0 Å². The van der Waals surface area contributed by atoms with Crippen LogP contribution in [-0.2, 0) is 4.74 Å². The van der Waals surface area contributed by atoms with Gasteiger partial charge >= 0.3 is 5.97 Å². The van der Waals surface area contributed by atoms with Crippen molar-refractivity contribution in [3.05, 3.63) is 72.6 Å². The van der Waals surface area contributed by atoms with Gasteiger partial charge in [0.05, 0.1) is 35.9 Å². The standard InChI is InChI=1S/C18H17N3O2/c1-2-23-18(22)14-7-6-8-15(11-14)20-16-12-19-21(13-16)17-9-4-3-5-10-17/h3-13,20H,2H2,1H3. The fourth-order valence-corrected chi connectivity index (χ4v) is 2.21. The maximum Gasteiger partial charge on any atom is 0.338 e. The topological polar surface area (TPSA) is 56.1 Å². The number of nitrogens with zero attached hydrogens (tertiary/aromatic N) is 2. The second-order valence-corrected chi connectivity index (χ2v) is 4.94. The lowest BCUT2D eigenvalue weighted by molar-refractivity contribution is 0.0526. The lowest BCUT2D eigenvalue weighted by atomic mass is 10.2. The second-order valence-electron chi connectivity index (χ2n) is 4.94. The van der Waals surface area contributed by atoms with Gasteiger partial charge in [0, 0.05) is 5.69 Å². The van der Waals surface area contributed by atoms with E-state index in [1.54, 1.807) is 29.9 Å². The van der Waals surface area contributed by atoms with E-state index in [1.807, 2.05) is 48.7 Å². The van der Waals surface area contributed by atoms with Crippen LogP contribution in [0.4, 0.5) is 11.4 Å². The van der Waals surface area contributed by atoms with E-state index >= 15 is 0 Å². The Morgan fingerprint density at radius 2 is 1.96 bits per heavy atom. The Labute approximate surface area is 134 Å². The molecule has 0 atom stereocenters. The van der Waals surface area contributed by atoms with Crippen molar-refractivity contribution in [3.8, 4) is 5.69 Å². The molecular weight excluding hydrogens is 290 g/mol. The first-order valence-corrected chi connectivity index (χ1v) is 7.40. The molecule has 5 heteroatoms. The number of nitrogens with one attached hydrogen (secondary N) is 1. The van der Waals surface area contributed by atoms with Crippen LogP contribution < -0.4 is 5.32 Å². The molecule has 0 fully saturated rings. The summed E-state index contributed by atoms with van der Waals surface area (Å²) in [7, 11) is 0. The first-order chi connectivity index (χ1) is 11.3. The van der Waals surface area contributed by atoms with Crippen molar-refractivity contribution in [1.29, 1.82) is 0 Å². The molecule has 3 aromatic rings. The average Bonchev–Trinajstić information content (AvgIpc) is 3.05. The van der Waals surface area contributed by atoms with Crippen LogP contribution >= 0.6 is 0 Å². The largest absolute Gasteiger partial charge is 0.462 e. The smallest absolute Gasteiger partial charge is 0.338 e. The van der Waals surface area contributed by atoms with Crippen molar-refractivity contribution in [2.75, 3.05) is 11.9 Å². The third kappa shape index (κ3) is 3.58. The lowest BCUT2D eigenvalue weighted by Crippen LogP contribution is -2.04. The molecule has 116 valence electrons. The van der Waals surface area contributed by atoms with Gasteiger partial charge in [-0.1, -0.05) is 24.3 Å². The van der Waals surface area contributed by atoms with E-state index < -0.39 is 0 Å². The minimum absolute atomic E-state index is 0.323. The zero-order valence-corrected chi connectivity index (χ0v) is 12.8. The van der Waals surface area contributed by atoms with Crippen LogP contribution in [0.5, 0.6) is 0 Å². The second kappa shape index (κ2) is 6.79. The van der Waals surface area contributed by atoms with Gasteiger partial charge in [0.25, 0.3) is 0 Å². The van der Waals surface area contributed by atoms with Crippen LogP contribution in [0.3, 0.4) is 0 Å². The number of esters is 1. The molecule has 0 radical (unpaired) electrons. The summed E-state index contributed by atoms with van der Waals surface area (Å²) in [5, 5.41) is 7.57. The van der Waals surface area contributed by atoms with E-state index in [0.717, 1.165) is 17.1 Å². The van der Waals surface area contributed by atoms with Crippen LogP contribution in [0.25, 0.3) is 5.69 Å². The van der Waals surface area contributed by atoms with Gasteiger partial charge in [-0.2, -0.15) is 5.10 Å². The number of para-hydroxylation sites is 1. The average molecular weight is 307 g/mol. The van der Waals surface area contributed by atoms with Gasteiger partial charge in [-0.25, -0.2) is 9.48 Å². The molecule has 3 rings (SSSR count). The Hall–Kier alpha value is -3.08. The van der Waals surface area contributed by atoms with Crippen molar-refractivity contribution >= 4 is 17.3 Å². The number of carbonyl (C=O) groups is 1. The van der Waals surface area contributed by atoms with Crippen LogP contribution in [0.15, 0.2) is 67.0 Å². The summed E-state index contributed by atoms with van der Waals surface area (Å²) in [6.07, 6.45) is 3.64. The Kier molecular flexibility index (Phi) is 4.38. The van der Waals surface area contributed by atoms with E-state index in [-0.39, 0.29) is 5.97 Å². The Balaban J connectivity index is 1.76. The summed E-state index contributed by atoms with van der Waals surface area (Å²) in [4.78, 5) is 11.8. The highest BCUT2D eigenvalue weighted by atomic mass is 16.5. The predicted octanol–water partition coefficient (Wildman–Crippen LogP) is 3.79. The number of aromatic nitrogens is 2. The molecule has 0 aliphatic carbocycles. The molecular formula is C18H17N3O2. The predicted molar refractivity (Wildman–Crippen MR) is 89.2 cm³/mol. The first-order valence-electron chi connectivity index (χ1n) is 7.40. The van der Waals surface area contributed by atoms with Gasteiger partial charge in [0.2, 0.25) is 0 Å². The summed E-state index contributed by atoms with van der Waals surface area (Å²) in [5.74, 6) is -0.323. The molecule has 1 aromatic heterocycles. The van der Waals surface area contributed by atoms with Gasteiger partial charge in [0.1, 0.15) is 0 Å². The van der Waals surface area contributed by atoms with Crippen LogP contribution in [0, 0.1) is 0 Å². The SMILES string of the molecule is CCOC(=O)c1cccc(Nc2cnn(-c3ccccc3)c2)c1. The number of hydrogen-bond acceptors (Lipinski definition) is 4. The number of carbonyl (C=O) groups excluding carboxylic acids is 1. The molecule has 0 saturated carbocycles. The molecule has 0 saturated heterocycles. The van der Waals surface area contributed by atoms with Crippen molar-refractivity contribution in [2.24, 2.45) is 0 Å². The molecule has 0 spiro atoms. The van der Waals surface area contributed by atoms with Gasteiger partial charge < -0.3 is 10.1 Å². The van der Waals surface area contributed by atoms with E-state index in [0.29, 0.717) is 12.2 Å². The molecule has 0 unspecified atom stereocenters. The summed E-state index contributed by atoms with van der Waals surface area (Å²) in [6.45, 7) is 2.15. The normalized spacial score (nSPS) is 10.3. The van der Waals surface area contributed by atoms with Crippen molar-refractivity contribution in [1.82, 2.24) is 9.78 Å². The van der Waals surface area contributed by atoms with E-state index in [2.05, 4.69) is 10.4 Å². The summed E-state index contributed by atoms with van der Waals surface area (Å²) in [6, 6.07) is 17.1. The quantitative estimate of drug-likeness (QED) is 0.729. The molecule has 23 heavy (non-hydrogen) atoms. The molecule has 5 nitrogen and oxygen atoms in total. The van der Waals surface area contributed by atoms with E-state index in [4.69, 9.17) is 4.74 Å². The summed E-state index contributed by atoms with van der Waals surface area (Å²) >= 11 is 0. The summed E-state index contributed by atoms with van der Waals surface area (Å²) < 4.78 is 6.80. The number of benzene rings is 2. The maximum absolute atomic E-state index is 11.8. The Morgan fingerprint density at radius 1 is 1.13 bits per heavy atom. The molecule has 2 aromatic carbocycles. The van der Waals surface area contributed by atoms with Crippen LogP contribution in [0.2, 0.25) is 0 Å². The molecule has 0 amide bonds. The number of anilines is 2. The fraction of sp³-hybridized carbons (Fsp3) is 0.111. The Morgan fingerprint density at radius 3 is 2.74 bits per heavy atom. The minimum atomic E-state index is -0.323. The molecule has 0 aliphatic rings. The van der Waals surface area contributed by atoms with Crippen molar-refractivity contribution in [2.45, 2.75) is 6.92 Å².